The van der Waals surface area contributed by atoms with E-state index < -0.39 is 28.5 Å². The SMILES string of the molecule is CCC(C(=O)NC)N(Cc1ccccc1)C(=O)CN(c1ccccc1C)S(=O)(=O)c1ccc(C)cc1. The van der Waals surface area contributed by atoms with Gasteiger partial charge in [0.25, 0.3) is 10.0 Å². The number of hydrogen-bond donors (Lipinski definition) is 1. The lowest BCUT2D eigenvalue weighted by atomic mass is 10.1. The van der Waals surface area contributed by atoms with Gasteiger partial charge in [-0.1, -0.05) is 73.2 Å². The first-order valence-corrected chi connectivity index (χ1v) is 13.3. The Bertz CT molecular complexity index is 1290. The van der Waals surface area contributed by atoms with Crippen molar-refractivity contribution in [3.63, 3.8) is 0 Å². The van der Waals surface area contributed by atoms with Crippen LogP contribution >= 0.6 is 0 Å². The molecule has 8 heteroatoms. The highest BCUT2D eigenvalue weighted by Crippen LogP contribution is 2.27. The molecule has 2 amide bonds. The molecule has 0 aromatic heterocycles. The van der Waals surface area contributed by atoms with E-state index in [-0.39, 0.29) is 17.3 Å². The van der Waals surface area contributed by atoms with E-state index in [9.17, 15) is 18.0 Å². The third-order valence-electron chi connectivity index (χ3n) is 6.10. The van der Waals surface area contributed by atoms with Crippen LogP contribution in [0.4, 0.5) is 5.69 Å². The highest BCUT2D eigenvalue weighted by atomic mass is 32.2. The molecule has 7 nitrogen and oxygen atoms in total. The van der Waals surface area contributed by atoms with Crippen LogP contribution in [0.5, 0.6) is 0 Å². The topological polar surface area (TPSA) is 86.8 Å². The van der Waals surface area contributed by atoms with Crippen molar-refractivity contribution >= 4 is 27.5 Å². The van der Waals surface area contributed by atoms with Crippen molar-refractivity contribution in [2.75, 3.05) is 17.9 Å². The molecule has 3 aromatic carbocycles. The number of sulfonamides is 1. The van der Waals surface area contributed by atoms with E-state index in [4.69, 9.17) is 0 Å². The number of nitrogens with one attached hydrogen (secondary N) is 1. The van der Waals surface area contributed by atoms with Crippen LogP contribution < -0.4 is 9.62 Å². The number of para-hydroxylation sites is 1. The Morgan fingerprint density at radius 3 is 2.08 bits per heavy atom. The van der Waals surface area contributed by atoms with Crippen LogP contribution in [0.25, 0.3) is 0 Å². The first kappa shape index (κ1) is 26.9. The predicted octanol–water partition coefficient (Wildman–Crippen LogP) is 4.05. The van der Waals surface area contributed by atoms with Gasteiger partial charge in [-0.3, -0.25) is 13.9 Å². The molecule has 0 aliphatic heterocycles. The van der Waals surface area contributed by atoms with E-state index >= 15 is 0 Å². The van der Waals surface area contributed by atoms with Gasteiger partial charge in [0.15, 0.2) is 0 Å². The van der Waals surface area contributed by atoms with Crippen LogP contribution in [0, 0.1) is 13.8 Å². The summed E-state index contributed by atoms with van der Waals surface area (Å²) in [5, 5.41) is 2.63. The molecule has 3 rings (SSSR count). The molecule has 36 heavy (non-hydrogen) atoms. The minimum Gasteiger partial charge on any atom is -0.357 e. The molecule has 0 aliphatic carbocycles. The summed E-state index contributed by atoms with van der Waals surface area (Å²) in [7, 11) is -2.54. The van der Waals surface area contributed by atoms with Gasteiger partial charge < -0.3 is 10.2 Å². The summed E-state index contributed by atoms with van der Waals surface area (Å²) in [4.78, 5) is 28.1. The molecule has 0 saturated carbocycles. The zero-order valence-corrected chi connectivity index (χ0v) is 22.0. The van der Waals surface area contributed by atoms with E-state index in [0.29, 0.717) is 17.7 Å². The number of likely N-dealkylation sites (N-methyl/N-ethyl adjacent to an activating group) is 1. The fourth-order valence-electron chi connectivity index (χ4n) is 4.06. The average Bonchev–Trinajstić information content (AvgIpc) is 2.88. The van der Waals surface area contributed by atoms with E-state index in [0.717, 1.165) is 15.4 Å². The third-order valence-corrected chi connectivity index (χ3v) is 7.87. The summed E-state index contributed by atoms with van der Waals surface area (Å²) < 4.78 is 28.8. The predicted molar refractivity (Wildman–Crippen MR) is 142 cm³/mol. The van der Waals surface area contributed by atoms with Crippen molar-refractivity contribution in [2.24, 2.45) is 0 Å². The van der Waals surface area contributed by atoms with Gasteiger partial charge >= 0.3 is 0 Å². The van der Waals surface area contributed by atoms with Gasteiger partial charge in [-0.05, 0) is 49.6 Å². The van der Waals surface area contributed by atoms with Gasteiger partial charge in [0.05, 0.1) is 10.6 Å². The molecule has 0 spiro atoms. The first-order chi connectivity index (χ1) is 17.2. The number of nitrogens with zero attached hydrogens (tertiary/aromatic N) is 2. The lowest BCUT2D eigenvalue weighted by Gasteiger charge is -2.33. The van der Waals surface area contributed by atoms with Gasteiger partial charge in [0.1, 0.15) is 12.6 Å². The highest BCUT2D eigenvalue weighted by Gasteiger charge is 2.33. The zero-order valence-electron chi connectivity index (χ0n) is 21.1. The van der Waals surface area contributed by atoms with Crippen molar-refractivity contribution in [2.45, 2.75) is 44.7 Å². The standard InChI is InChI=1S/C28H33N3O4S/c1-5-25(28(33)29-4)30(19-23-12-7-6-8-13-23)27(32)20-31(26-14-10-9-11-22(26)3)36(34,35)24-17-15-21(2)16-18-24/h6-18,25H,5,19-20H2,1-4H3,(H,29,33). The number of aryl methyl sites for hydroxylation is 2. The lowest BCUT2D eigenvalue weighted by Crippen LogP contribution is -2.51. The largest absolute Gasteiger partial charge is 0.357 e. The Kier molecular flexibility index (Phi) is 8.88. The van der Waals surface area contributed by atoms with Gasteiger partial charge in [0.2, 0.25) is 11.8 Å². The summed E-state index contributed by atoms with van der Waals surface area (Å²) in [5.74, 6) is -0.765. The van der Waals surface area contributed by atoms with E-state index in [1.54, 1.807) is 49.4 Å². The minimum absolute atomic E-state index is 0.0945. The Morgan fingerprint density at radius 2 is 1.50 bits per heavy atom. The van der Waals surface area contributed by atoms with Crippen LogP contribution in [0.3, 0.4) is 0 Å². The molecule has 0 bridgehead atoms. The summed E-state index contributed by atoms with van der Waals surface area (Å²) in [6.07, 6.45) is 0.382. The molecule has 0 aliphatic rings. The minimum atomic E-state index is -4.07. The van der Waals surface area contributed by atoms with E-state index in [2.05, 4.69) is 5.32 Å². The van der Waals surface area contributed by atoms with Crippen LogP contribution in [-0.2, 0) is 26.2 Å². The third kappa shape index (κ3) is 6.12. The molecule has 190 valence electrons. The first-order valence-electron chi connectivity index (χ1n) is 11.9. The zero-order chi connectivity index (χ0) is 26.3. The number of anilines is 1. The molecule has 1 unspecified atom stereocenters. The van der Waals surface area contributed by atoms with E-state index in [1.807, 2.05) is 50.2 Å². The molecule has 0 fully saturated rings. The number of carbonyl (C=O) groups excluding carboxylic acids is 2. The fourth-order valence-corrected chi connectivity index (χ4v) is 5.54. The molecule has 1 N–H and O–H groups in total. The molecule has 0 heterocycles. The maximum atomic E-state index is 13.8. The monoisotopic (exact) mass is 507 g/mol. The molecule has 0 radical (unpaired) electrons. The van der Waals surface area contributed by atoms with Crippen molar-refractivity contribution in [1.82, 2.24) is 10.2 Å². The Balaban J connectivity index is 2.06. The van der Waals surface area contributed by atoms with Crippen LogP contribution in [0.1, 0.15) is 30.0 Å². The Hall–Kier alpha value is -3.65. The second-order valence-corrected chi connectivity index (χ2v) is 10.5. The Labute approximate surface area is 213 Å². The van der Waals surface area contributed by atoms with Crippen LogP contribution in [0.15, 0.2) is 83.8 Å². The summed E-state index contributed by atoms with van der Waals surface area (Å²) >= 11 is 0. The summed E-state index contributed by atoms with van der Waals surface area (Å²) in [5.41, 5.74) is 2.91. The second-order valence-electron chi connectivity index (χ2n) is 8.66. The van der Waals surface area contributed by atoms with Gasteiger partial charge in [-0.2, -0.15) is 0 Å². The molecular weight excluding hydrogens is 474 g/mol. The van der Waals surface area contributed by atoms with Gasteiger partial charge in [0, 0.05) is 13.6 Å². The maximum absolute atomic E-state index is 13.8. The molecule has 1 atom stereocenters. The van der Waals surface area contributed by atoms with E-state index in [1.165, 1.54) is 11.9 Å². The number of hydrogen-bond acceptors (Lipinski definition) is 4. The summed E-state index contributed by atoms with van der Waals surface area (Å²) in [6, 6.07) is 22.2. The number of benzene rings is 3. The van der Waals surface area contributed by atoms with Gasteiger partial charge in [-0.15, -0.1) is 0 Å². The maximum Gasteiger partial charge on any atom is 0.264 e. The average molecular weight is 508 g/mol. The van der Waals surface area contributed by atoms with Crippen molar-refractivity contribution in [3.05, 3.63) is 95.6 Å². The molecule has 0 saturated heterocycles. The number of rotatable bonds is 10. The molecular formula is C28H33N3O4S. The van der Waals surface area contributed by atoms with Gasteiger partial charge in [-0.25, -0.2) is 8.42 Å². The second kappa shape index (κ2) is 11.9. The summed E-state index contributed by atoms with van der Waals surface area (Å²) in [6.45, 7) is 5.25. The van der Waals surface area contributed by atoms with Crippen LogP contribution in [0.2, 0.25) is 0 Å². The fraction of sp³-hybridized carbons (Fsp3) is 0.286. The number of amides is 2. The Morgan fingerprint density at radius 1 is 0.889 bits per heavy atom. The van der Waals surface area contributed by atoms with Crippen molar-refractivity contribution < 1.29 is 18.0 Å². The smallest absolute Gasteiger partial charge is 0.264 e. The highest BCUT2D eigenvalue weighted by molar-refractivity contribution is 7.92. The quantitative estimate of drug-likeness (QED) is 0.449. The molecule has 3 aromatic rings. The van der Waals surface area contributed by atoms with Crippen molar-refractivity contribution in [1.29, 1.82) is 0 Å². The number of carbonyl (C=O) groups is 2. The van der Waals surface area contributed by atoms with Crippen LogP contribution in [-0.4, -0.2) is 44.8 Å². The van der Waals surface area contributed by atoms with Crippen molar-refractivity contribution in [3.8, 4) is 0 Å². The lowest BCUT2D eigenvalue weighted by molar-refractivity contribution is -0.140. The normalized spacial score (nSPS) is 12.0.